The molecule has 0 atom stereocenters. The number of likely N-dealkylation sites (N-methyl/N-ethyl adjacent to an activating group) is 1. The predicted molar refractivity (Wildman–Crippen MR) is 103 cm³/mol. The molecule has 0 fully saturated rings. The van der Waals surface area contributed by atoms with Gasteiger partial charge in [-0.3, -0.25) is 0 Å². The molecular formula is C21H20F2N4O. The molecule has 0 spiro atoms. The van der Waals surface area contributed by atoms with E-state index in [1.165, 1.54) is 6.07 Å². The number of aliphatic hydroxyl groups excluding tert-OH is 1. The minimum atomic E-state index is -0.854. The van der Waals surface area contributed by atoms with E-state index in [-0.39, 0.29) is 6.61 Å². The predicted octanol–water partition coefficient (Wildman–Crippen LogP) is 3.50. The molecule has 1 aromatic heterocycles. The van der Waals surface area contributed by atoms with Crippen molar-refractivity contribution in [1.82, 2.24) is 15.1 Å². The topological polar surface area (TPSA) is 52.5 Å². The Morgan fingerprint density at radius 2 is 1.82 bits per heavy atom. The lowest BCUT2D eigenvalue weighted by Gasteiger charge is -2.25. The highest BCUT2D eigenvalue weighted by atomic mass is 19.2. The normalized spacial score (nSPS) is 14.6. The van der Waals surface area contributed by atoms with Crippen LogP contribution in [-0.2, 0) is 13.2 Å². The van der Waals surface area contributed by atoms with Gasteiger partial charge in [0.25, 0.3) is 0 Å². The lowest BCUT2D eigenvalue weighted by atomic mass is 10.0. The van der Waals surface area contributed by atoms with Crippen LogP contribution in [0.3, 0.4) is 0 Å². The summed E-state index contributed by atoms with van der Waals surface area (Å²) in [6.45, 7) is 2.03. The van der Waals surface area contributed by atoms with E-state index < -0.39 is 11.6 Å². The summed E-state index contributed by atoms with van der Waals surface area (Å²) >= 11 is 0. The smallest absolute Gasteiger partial charge is 0.160 e. The molecule has 4 rings (SSSR count). The van der Waals surface area contributed by atoms with E-state index in [4.69, 9.17) is 5.11 Å². The molecule has 28 heavy (non-hydrogen) atoms. The van der Waals surface area contributed by atoms with Gasteiger partial charge in [-0.1, -0.05) is 6.07 Å². The fourth-order valence-corrected chi connectivity index (χ4v) is 3.42. The van der Waals surface area contributed by atoms with Crippen LogP contribution in [0.25, 0.3) is 11.3 Å². The SMILES string of the molecule is CN1CCN(c2ccc(F)c(F)c2)c2ccc(-c3ccc(CO)nn3)cc2C1. The first kappa shape index (κ1) is 18.5. The number of hydrogen-bond donors (Lipinski definition) is 1. The maximum absolute atomic E-state index is 13.8. The van der Waals surface area contributed by atoms with Crippen molar-refractivity contribution in [2.75, 3.05) is 25.0 Å². The molecule has 0 aliphatic carbocycles. The Morgan fingerprint density at radius 1 is 0.964 bits per heavy atom. The Morgan fingerprint density at radius 3 is 2.54 bits per heavy atom. The highest BCUT2D eigenvalue weighted by Crippen LogP contribution is 2.34. The standard InChI is InChI=1S/C21H20F2N4O/c1-26-8-9-27(17-4-5-18(22)19(23)11-17)21-7-2-14(10-15(21)12-26)20-6-3-16(13-28)24-25-20/h2-7,10-11,28H,8-9,12-13H2,1H3. The van der Waals surface area contributed by atoms with E-state index in [0.29, 0.717) is 23.6 Å². The third-order valence-electron chi connectivity index (χ3n) is 4.91. The summed E-state index contributed by atoms with van der Waals surface area (Å²) in [6, 6.07) is 13.5. The fraction of sp³-hybridized carbons (Fsp3) is 0.238. The molecule has 2 aromatic carbocycles. The third-order valence-corrected chi connectivity index (χ3v) is 4.91. The average Bonchev–Trinajstić information content (AvgIpc) is 2.88. The van der Waals surface area contributed by atoms with Crippen LogP contribution in [0.2, 0.25) is 0 Å². The van der Waals surface area contributed by atoms with Gasteiger partial charge < -0.3 is 14.9 Å². The average molecular weight is 382 g/mol. The van der Waals surface area contributed by atoms with E-state index in [1.807, 2.05) is 36.2 Å². The lowest BCUT2D eigenvalue weighted by Crippen LogP contribution is -2.26. The number of nitrogens with zero attached hydrogens (tertiary/aromatic N) is 4. The van der Waals surface area contributed by atoms with Gasteiger partial charge in [-0.2, -0.15) is 10.2 Å². The van der Waals surface area contributed by atoms with Gasteiger partial charge >= 0.3 is 0 Å². The summed E-state index contributed by atoms with van der Waals surface area (Å²) in [4.78, 5) is 4.19. The van der Waals surface area contributed by atoms with Gasteiger partial charge in [-0.05, 0) is 49.0 Å². The second-order valence-corrected chi connectivity index (χ2v) is 6.90. The number of hydrogen-bond acceptors (Lipinski definition) is 5. The molecule has 3 aromatic rings. The van der Waals surface area contributed by atoms with Crippen LogP contribution in [0.5, 0.6) is 0 Å². The molecule has 144 valence electrons. The number of halogens is 2. The largest absolute Gasteiger partial charge is 0.390 e. The first-order valence-electron chi connectivity index (χ1n) is 9.03. The molecule has 0 saturated carbocycles. The van der Waals surface area contributed by atoms with E-state index >= 15 is 0 Å². The van der Waals surface area contributed by atoms with Crippen LogP contribution in [0.4, 0.5) is 20.2 Å². The van der Waals surface area contributed by atoms with Crippen LogP contribution in [-0.4, -0.2) is 40.3 Å². The van der Waals surface area contributed by atoms with Gasteiger partial charge in [-0.25, -0.2) is 8.78 Å². The minimum absolute atomic E-state index is 0.147. The van der Waals surface area contributed by atoms with Gasteiger partial charge in [0.15, 0.2) is 11.6 Å². The molecule has 0 amide bonds. The second kappa shape index (κ2) is 7.61. The van der Waals surface area contributed by atoms with Gasteiger partial charge in [0.05, 0.1) is 18.0 Å². The van der Waals surface area contributed by atoms with Gasteiger partial charge in [-0.15, -0.1) is 0 Å². The van der Waals surface area contributed by atoms with Crippen LogP contribution < -0.4 is 4.90 Å². The molecule has 2 heterocycles. The second-order valence-electron chi connectivity index (χ2n) is 6.90. The summed E-state index contributed by atoms with van der Waals surface area (Å²) < 4.78 is 27.2. The molecule has 0 unspecified atom stereocenters. The highest BCUT2D eigenvalue weighted by molar-refractivity contribution is 5.72. The molecule has 7 heteroatoms. The molecule has 1 aliphatic heterocycles. The quantitative estimate of drug-likeness (QED) is 0.752. The Balaban J connectivity index is 1.75. The number of rotatable bonds is 3. The maximum atomic E-state index is 13.8. The number of benzene rings is 2. The monoisotopic (exact) mass is 382 g/mol. The van der Waals surface area contributed by atoms with Crippen molar-refractivity contribution in [3.63, 3.8) is 0 Å². The molecule has 5 nitrogen and oxygen atoms in total. The third kappa shape index (κ3) is 3.58. The van der Waals surface area contributed by atoms with E-state index in [9.17, 15) is 8.78 Å². The maximum Gasteiger partial charge on any atom is 0.160 e. The van der Waals surface area contributed by atoms with Crippen molar-refractivity contribution >= 4 is 11.4 Å². The number of anilines is 2. The zero-order chi connectivity index (χ0) is 19.7. The molecule has 1 N–H and O–H groups in total. The van der Waals surface area contributed by atoms with Crippen LogP contribution >= 0.6 is 0 Å². The van der Waals surface area contributed by atoms with Crippen molar-refractivity contribution in [2.24, 2.45) is 0 Å². The first-order chi connectivity index (χ1) is 13.5. The summed E-state index contributed by atoms with van der Waals surface area (Å²) in [7, 11) is 2.03. The lowest BCUT2D eigenvalue weighted by molar-refractivity contribution is 0.275. The first-order valence-corrected chi connectivity index (χ1v) is 9.03. The Bertz CT molecular complexity index is 994. The Labute approximate surface area is 161 Å². The highest BCUT2D eigenvalue weighted by Gasteiger charge is 2.21. The fourth-order valence-electron chi connectivity index (χ4n) is 3.42. The van der Waals surface area contributed by atoms with E-state index in [2.05, 4.69) is 15.1 Å². The number of aromatic nitrogens is 2. The van der Waals surface area contributed by atoms with Crippen LogP contribution in [0.15, 0.2) is 48.5 Å². The molecule has 0 radical (unpaired) electrons. The van der Waals surface area contributed by atoms with Crippen molar-refractivity contribution in [2.45, 2.75) is 13.2 Å². The van der Waals surface area contributed by atoms with Gasteiger partial charge in [0, 0.05) is 42.6 Å². The van der Waals surface area contributed by atoms with E-state index in [0.717, 1.165) is 36.0 Å². The zero-order valence-electron chi connectivity index (χ0n) is 15.4. The Hall–Kier alpha value is -2.90. The van der Waals surface area contributed by atoms with Crippen molar-refractivity contribution in [3.05, 3.63) is 71.4 Å². The van der Waals surface area contributed by atoms with Crippen LogP contribution in [0, 0.1) is 11.6 Å². The summed E-state index contributed by atoms with van der Waals surface area (Å²) in [5.41, 5.74) is 4.79. The summed E-state index contributed by atoms with van der Waals surface area (Å²) in [6.07, 6.45) is 0. The summed E-state index contributed by atoms with van der Waals surface area (Å²) in [5.74, 6) is -1.70. The number of aliphatic hydroxyl groups is 1. The van der Waals surface area contributed by atoms with Crippen molar-refractivity contribution in [3.8, 4) is 11.3 Å². The zero-order valence-corrected chi connectivity index (χ0v) is 15.4. The molecule has 1 aliphatic rings. The molecular weight excluding hydrogens is 362 g/mol. The molecule has 0 saturated heterocycles. The summed E-state index contributed by atoms with van der Waals surface area (Å²) in [5, 5.41) is 17.3. The van der Waals surface area contributed by atoms with Crippen LogP contribution in [0.1, 0.15) is 11.3 Å². The Kier molecular flexibility index (Phi) is 5.02. The number of fused-ring (bicyclic) bond motifs is 1. The minimum Gasteiger partial charge on any atom is -0.390 e. The van der Waals surface area contributed by atoms with E-state index in [1.54, 1.807) is 12.1 Å². The van der Waals surface area contributed by atoms with Crippen molar-refractivity contribution < 1.29 is 13.9 Å². The van der Waals surface area contributed by atoms with Crippen molar-refractivity contribution in [1.29, 1.82) is 0 Å². The van der Waals surface area contributed by atoms with Gasteiger partial charge in [0.1, 0.15) is 0 Å². The molecule has 0 bridgehead atoms. The van der Waals surface area contributed by atoms with Gasteiger partial charge in [0.2, 0.25) is 0 Å².